The summed E-state index contributed by atoms with van der Waals surface area (Å²) >= 11 is 0. The van der Waals surface area contributed by atoms with Crippen LogP contribution in [0.2, 0.25) is 0 Å². The van der Waals surface area contributed by atoms with Gasteiger partial charge in [0.2, 0.25) is 11.6 Å². The van der Waals surface area contributed by atoms with Gasteiger partial charge in [-0.05, 0) is 74.8 Å². The first-order chi connectivity index (χ1) is 15.0. The van der Waals surface area contributed by atoms with E-state index in [2.05, 4.69) is 6.92 Å². The zero-order valence-electron chi connectivity index (χ0n) is 19.1. The molecular formula is C26H38F2O3. The molecule has 0 aliphatic heterocycles. The molecule has 2 aliphatic carbocycles. The van der Waals surface area contributed by atoms with E-state index in [9.17, 15) is 13.6 Å². The summed E-state index contributed by atoms with van der Waals surface area (Å²) in [5.74, 6) is -1.03. The van der Waals surface area contributed by atoms with Crippen LogP contribution in [0.1, 0.15) is 90.9 Å². The van der Waals surface area contributed by atoms with Crippen LogP contribution in [0.15, 0.2) is 12.1 Å². The Hall–Kier alpha value is -1.65. The highest BCUT2D eigenvalue weighted by Crippen LogP contribution is 2.42. The van der Waals surface area contributed by atoms with Gasteiger partial charge in [-0.25, -0.2) is 0 Å². The third-order valence-electron chi connectivity index (χ3n) is 7.31. The molecule has 3 rings (SSSR count). The standard InChI is InChI=1S/C26H38F2O3/c1-3-5-6-18-7-9-19(10-8-18)20-11-13-21(14-12-20)26(29)31-23-16-15-22(30-17-4-2)24(27)25(23)28/h15-16,18-21H,3-14,17H2,1-2H3. The maximum absolute atomic E-state index is 14.3. The minimum absolute atomic E-state index is 0.149. The van der Waals surface area contributed by atoms with Crippen molar-refractivity contribution in [3.63, 3.8) is 0 Å². The Morgan fingerprint density at radius 2 is 1.45 bits per heavy atom. The van der Waals surface area contributed by atoms with Crippen molar-refractivity contribution < 1.29 is 23.0 Å². The van der Waals surface area contributed by atoms with E-state index in [1.54, 1.807) is 0 Å². The summed E-state index contributed by atoms with van der Waals surface area (Å²) in [7, 11) is 0. The van der Waals surface area contributed by atoms with Gasteiger partial charge < -0.3 is 9.47 Å². The van der Waals surface area contributed by atoms with Crippen LogP contribution in [0.5, 0.6) is 11.5 Å². The Morgan fingerprint density at radius 3 is 2.06 bits per heavy atom. The third-order valence-corrected chi connectivity index (χ3v) is 7.31. The quantitative estimate of drug-likeness (QED) is 0.298. The second kappa shape index (κ2) is 11.8. The van der Waals surface area contributed by atoms with Crippen LogP contribution in [-0.4, -0.2) is 12.6 Å². The predicted octanol–water partition coefficient (Wildman–Crippen LogP) is 7.46. The molecule has 0 unspecified atom stereocenters. The van der Waals surface area contributed by atoms with Gasteiger partial charge in [0, 0.05) is 0 Å². The van der Waals surface area contributed by atoms with Gasteiger partial charge in [-0.1, -0.05) is 46.0 Å². The molecule has 0 aromatic heterocycles. The van der Waals surface area contributed by atoms with E-state index < -0.39 is 17.6 Å². The Labute approximate surface area is 185 Å². The van der Waals surface area contributed by atoms with Gasteiger partial charge in [0.1, 0.15) is 0 Å². The number of ether oxygens (including phenoxy) is 2. The molecule has 0 atom stereocenters. The summed E-state index contributed by atoms with van der Waals surface area (Å²) < 4.78 is 38.9. The van der Waals surface area contributed by atoms with Gasteiger partial charge in [0.25, 0.3) is 0 Å². The first-order valence-electron chi connectivity index (χ1n) is 12.4. The van der Waals surface area contributed by atoms with Crippen LogP contribution >= 0.6 is 0 Å². The van der Waals surface area contributed by atoms with Gasteiger partial charge >= 0.3 is 5.97 Å². The van der Waals surface area contributed by atoms with Crippen molar-refractivity contribution >= 4 is 5.97 Å². The van der Waals surface area contributed by atoms with Gasteiger partial charge in [-0.15, -0.1) is 0 Å². The van der Waals surface area contributed by atoms with Crippen LogP contribution in [-0.2, 0) is 4.79 Å². The number of benzene rings is 1. The molecule has 0 N–H and O–H groups in total. The predicted molar refractivity (Wildman–Crippen MR) is 118 cm³/mol. The molecule has 3 nitrogen and oxygen atoms in total. The highest BCUT2D eigenvalue weighted by molar-refractivity contribution is 5.75. The summed E-state index contributed by atoms with van der Waals surface area (Å²) in [6.45, 7) is 4.45. The summed E-state index contributed by atoms with van der Waals surface area (Å²) in [6, 6.07) is 2.61. The first-order valence-corrected chi connectivity index (χ1v) is 12.4. The van der Waals surface area contributed by atoms with Crippen molar-refractivity contribution in [3.8, 4) is 11.5 Å². The summed E-state index contributed by atoms with van der Waals surface area (Å²) in [5, 5.41) is 0. The van der Waals surface area contributed by atoms with Crippen molar-refractivity contribution in [2.75, 3.05) is 6.61 Å². The minimum atomic E-state index is -1.16. The van der Waals surface area contributed by atoms with Crippen LogP contribution < -0.4 is 9.47 Å². The van der Waals surface area contributed by atoms with Crippen LogP contribution in [0.25, 0.3) is 0 Å². The fraction of sp³-hybridized carbons (Fsp3) is 0.731. The molecule has 31 heavy (non-hydrogen) atoms. The maximum atomic E-state index is 14.3. The first kappa shape index (κ1) is 24.0. The maximum Gasteiger partial charge on any atom is 0.314 e. The van der Waals surface area contributed by atoms with E-state index in [1.165, 1.54) is 57.1 Å². The molecule has 0 saturated heterocycles. The minimum Gasteiger partial charge on any atom is -0.490 e. The smallest absolute Gasteiger partial charge is 0.314 e. The van der Waals surface area contributed by atoms with E-state index in [0.29, 0.717) is 18.9 Å². The molecule has 0 amide bonds. The fourth-order valence-electron chi connectivity index (χ4n) is 5.38. The van der Waals surface area contributed by atoms with Crippen molar-refractivity contribution in [1.29, 1.82) is 0 Å². The lowest BCUT2D eigenvalue weighted by molar-refractivity contribution is -0.140. The second-order valence-electron chi connectivity index (χ2n) is 9.49. The Balaban J connectivity index is 1.46. The number of carbonyl (C=O) groups is 1. The second-order valence-corrected chi connectivity index (χ2v) is 9.49. The highest BCUT2D eigenvalue weighted by Gasteiger charge is 2.34. The van der Waals surface area contributed by atoms with Crippen molar-refractivity contribution in [1.82, 2.24) is 0 Å². The number of hydrogen-bond donors (Lipinski definition) is 0. The third kappa shape index (κ3) is 6.43. The lowest BCUT2D eigenvalue weighted by Crippen LogP contribution is -2.30. The van der Waals surface area contributed by atoms with Crippen molar-refractivity contribution in [2.45, 2.75) is 90.9 Å². The Morgan fingerprint density at radius 1 is 0.871 bits per heavy atom. The fourth-order valence-corrected chi connectivity index (χ4v) is 5.38. The number of carbonyl (C=O) groups excluding carboxylic acids is 1. The van der Waals surface area contributed by atoms with Gasteiger partial charge in [0.15, 0.2) is 11.5 Å². The molecular weight excluding hydrogens is 398 g/mol. The molecule has 1 aromatic rings. The zero-order chi connectivity index (χ0) is 22.2. The largest absolute Gasteiger partial charge is 0.490 e. The molecule has 2 fully saturated rings. The molecule has 0 bridgehead atoms. The average molecular weight is 437 g/mol. The molecule has 5 heteroatoms. The highest BCUT2D eigenvalue weighted by atomic mass is 19.2. The van der Waals surface area contributed by atoms with E-state index in [0.717, 1.165) is 37.5 Å². The van der Waals surface area contributed by atoms with Crippen LogP contribution in [0.3, 0.4) is 0 Å². The van der Waals surface area contributed by atoms with E-state index >= 15 is 0 Å². The Kier molecular flexibility index (Phi) is 9.15. The zero-order valence-corrected chi connectivity index (χ0v) is 19.1. The molecule has 2 saturated carbocycles. The SMILES string of the molecule is CCCCC1CCC(C2CCC(C(=O)Oc3ccc(OCCC)c(F)c3F)CC2)CC1. The molecule has 1 aromatic carbocycles. The average Bonchev–Trinajstić information content (AvgIpc) is 2.80. The number of rotatable bonds is 9. The lowest BCUT2D eigenvalue weighted by atomic mass is 9.68. The Bertz CT molecular complexity index is 705. The number of unbranched alkanes of at least 4 members (excludes halogenated alkanes) is 1. The number of esters is 1. The number of hydrogen-bond acceptors (Lipinski definition) is 3. The molecule has 0 spiro atoms. The number of halogens is 2. The summed E-state index contributed by atoms with van der Waals surface area (Å²) in [6.07, 6.45) is 13.7. The van der Waals surface area contributed by atoms with Gasteiger partial charge in [-0.3, -0.25) is 4.79 Å². The van der Waals surface area contributed by atoms with Gasteiger partial charge in [0.05, 0.1) is 12.5 Å². The normalized spacial score (nSPS) is 26.5. The monoisotopic (exact) mass is 436 g/mol. The molecule has 0 heterocycles. The molecule has 2 aliphatic rings. The van der Waals surface area contributed by atoms with E-state index in [-0.39, 0.29) is 17.4 Å². The van der Waals surface area contributed by atoms with E-state index in [4.69, 9.17) is 9.47 Å². The van der Waals surface area contributed by atoms with E-state index in [1.807, 2.05) is 6.92 Å². The summed E-state index contributed by atoms with van der Waals surface area (Å²) in [4.78, 5) is 12.6. The topological polar surface area (TPSA) is 35.5 Å². The van der Waals surface area contributed by atoms with Crippen LogP contribution in [0, 0.1) is 35.3 Å². The summed E-state index contributed by atoms with van der Waals surface area (Å²) in [5.41, 5.74) is 0. The van der Waals surface area contributed by atoms with Crippen molar-refractivity contribution in [2.24, 2.45) is 23.7 Å². The van der Waals surface area contributed by atoms with Crippen LogP contribution in [0.4, 0.5) is 8.78 Å². The van der Waals surface area contributed by atoms with Gasteiger partial charge in [-0.2, -0.15) is 8.78 Å². The molecule has 0 radical (unpaired) electrons. The molecule has 174 valence electrons. The lowest BCUT2D eigenvalue weighted by Gasteiger charge is -2.37. The van der Waals surface area contributed by atoms with Crippen molar-refractivity contribution in [3.05, 3.63) is 23.8 Å².